The molecule has 346 valence electrons. The number of aliphatic hydroxyl groups is 7. The lowest BCUT2D eigenvalue weighted by Crippen LogP contribution is -2.60. The van der Waals surface area contributed by atoms with Gasteiger partial charge in [-0.25, -0.2) is 0 Å². The van der Waals surface area contributed by atoms with E-state index in [2.05, 4.69) is 19.2 Å². The molecule has 0 aromatic heterocycles. The Morgan fingerprint density at radius 1 is 0.552 bits per heavy atom. The molecule has 0 aromatic carbocycles. The normalized spacial score (nSPS) is 21.8. The van der Waals surface area contributed by atoms with Crippen molar-refractivity contribution in [1.29, 1.82) is 0 Å². The highest BCUT2D eigenvalue weighted by molar-refractivity contribution is 5.80. The molecule has 0 spiro atoms. The number of hydrogen-bond donors (Lipinski definition) is 8. The van der Waals surface area contributed by atoms with Gasteiger partial charge in [-0.05, 0) is 12.8 Å². The van der Waals surface area contributed by atoms with Crippen molar-refractivity contribution in [2.24, 2.45) is 0 Å². The first-order chi connectivity index (χ1) is 28.2. The van der Waals surface area contributed by atoms with Gasteiger partial charge in [0.1, 0.15) is 30.5 Å². The van der Waals surface area contributed by atoms with E-state index in [0.29, 0.717) is 12.8 Å². The van der Waals surface area contributed by atoms with Gasteiger partial charge in [-0.3, -0.25) is 4.79 Å². The third-order valence-electron chi connectivity index (χ3n) is 12.1. The Balaban J connectivity index is 2.40. The monoisotopic (exact) mass is 832 g/mol. The van der Waals surface area contributed by atoms with Crippen molar-refractivity contribution >= 4 is 5.91 Å². The van der Waals surface area contributed by atoms with E-state index in [9.17, 15) is 40.5 Å². The van der Waals surface area contributed by atoms with Crippen LogP contribution in [0, 0.1) is 0 Å². The van der Waals surface area contributed by atoms with Crippen LogP contribution in [0.3, 0.4) is 0 Å². The van der Waals surface area contributed by atoms with Crippen molar-refractivity contribution < 1.29 is 50.0 Å². The number of carbonyl (C=O) groups is 1. The van der Waals surface area contributed by atoms with Crippen molar-refractivity contribution in [2.75, 3.05) is 13.2 Å². The first-order valence-electron chi connectivity index (χ1n) is 24.4. The van der Waals surface area contributed by atoms with Crippen LogP contribution in [0.25, 0.3) is 0 Å². The summed E-state index contributed by atoms with van der Waals surface area (Å²) in [6, 6.07) is -1.06. The van der Waals surface area contributed by atoms with E-state index in [1.165, 1.54) is 148 Å². The summed E-state index contributed by atoms with van der Waals surface area (Å²) in [7, 11) is 0. The number of carbonyl (C=O) groups excluding carboxylic acids is 1. The van der Waals surface area contributed by atoms with Gasteiger partial charge in [0.2, 0.25) is 5.91 Å². The maximum Gasteiger partial charge on any atom is 0.249 e. The molecule has 0 radical (unpaired) electrons. The minimum atomic E-state index is -1.64. The quantitative estimate of drug-likeness (QED) is 0.0279. The molecule has 58 heavy (non-hydrogen) atoms. The fourth-order valence-electron chi connectivity index (χ4n) is 8.08. The molecule has 1 fully saturated rings. The smallest absolute Gasteiger partial charge is 0.249 e. The van der Waals surface area contributed by atoms with Crippen molar-refractivity contribution in [1.82, 2.24) is 5.32 Å². The summed E-state index contributed by atoms with van der Waals surface area (Å²) < 4.78 is 11.1. The van der Waals surface area contributed by atoms with Gasteiger partial charge in [0.05, 0.1) is 31.5 Å². The standard InChI is InChI=1S/C47H93NO10/c1-3-5-7-9-11-13-15-17-18-19-20-21-22-24-26-28-30-32-34-40(51)46(56)48-39(37-57-47-45(55)44(54)43(53)42(36-49)58-47)41(52)35-38(50)33-31-29-27-25-23-16-14-12-10-8-6-4-2/h38-45,47,49-55H,3-37H2,1-2H3,(H,48,56). The Hall–Kier alpha value is -0.890. The highest BCUT2D eigenvalue weighted by atomic mass is 16.7. The third kappa shape index (κ3) is 27.9. The summed E-state index contributed by atoms with van der Waals surface area (Å²) in [5.74, 6) is -0.663. The Bertz CT molecular complexity index is 913. The van der Waals surface area contributed by atoms with Gasteiger partial charge in [0, 0.05) is 6.42 Å². The van der Waals surface area contributed by atoms with Crippen LogP contribution >= 0.6 is 0 Å². The molecule has 0 saturated carbocycles. The Kier molecular flexibility index (Phi) is 36.0. The summed E-state index contributed by atoms with van der Waals surface area (Å²) in [4.78, 5) is 13.1. The van der Waals surface area contributed by atoms with Crippen LogP contribution in [0.2, 0.25) is 0 Å². The van der Waals surface area contributed by atoms with Crippen LogP contribution in [-0.2, 0) is 14.3 Å². The van der Waals surface area contributed by atoms with Crippen LogP contribution in [0.4, 0.5) is 0 Å². The zero-order chi connectivity index (χ0) is 42.6. The first kappa shape index (κ1) is 55.1. The Morgan fingerprint density at radius 3 is 1.33 bits per heavy atom. The molecule has 1 amide bonds. The lowest BCUT2D eigenvalue weighted by atomic mass is 9.98. The summed E-state index contributed by atoms with van der Waals surface area (Å²) in [5, 5.41) is 75.6. The van der Waals surface area contributed by atoms with Gasteiger partial charge in [-0.1, -0.05) is 206 Å². The maximum atomic E-state index is 13.1. The van der Waals surface area contributed by atoms with Crippen LogP contribution in [0.1, 0.15) is 226 Å². The second-order valence-electron chi connectivity index (χ2n) is 17.6. The van der Waals surface area contributed by atoms with Crippen molar-refractivity contribution in [2.45, 2.75) is 281 Å². The predicted molar refractivity (Wildman–Crippen MR) is 233 cm³/mol. The largest absolute Gasteiger partial charge is 0.394 e. The number of rotatable bonds is 41. The molecule has 1 aliphatic rings. The van der Waals surface area contributed by atoms with Crippen molar-refractivity contribution in [3.63, 3.8) is 0 Å². The zero-order valence-corrected chi connectivity index (χ0v) is 37.3. The molecule has 0 aliphatic carbocycles. The molecule has 8 N–H and O–H groups in total. The minimum absolute atomic E-state index is 0.0314. The van der Waals surface area contributed by atoms with Gasteiger partial charge in [0.15, 0.2) is 6.29 Å². The summed E-state index contributed by atoms with van der Waals surface area (Å²) in [6.07, 6.45) is 27.1. The van der Waals surface area contributed by atoms with Crippen LogP contribution in [0.15, 0.2) is 0 Å². The van der Waals surface area contributed by atoms with Gasteiger partial charge in [0.25, 0.3) is 0 Å². The van der Waals surface area contributed by atoms with E-state index >= 15 is 0 Å². The van der Waals surface area contributed by atoms with Gasteiger partial charge >= 0.3 is 0 Å². The van der Waals surface area contributed by atoms with Gasteiger partial charge < -0.3 is 50.5 Å². The topological polar surface area (TPSA) is 189 Å². The lowest BCUT2D eigenvalue weighted by Gasteiger charge is -2.40. The van der Waals surface area contributed by atoms with E-state index in [-0.39, 0.29) is 19.4 Å². The molecule has 9 atom stereocenters. The number of ether oxygens (including phenoxy) is 2. The maximum absolute atomic E-state index is 13.1. The lowest BCUT2D eigenvalue weighted by molar-refractivity contribution is -0.302. The second kappa shape index (κ2) is 37.8. The summed E-state index contributed by atoms with van der Waals surface area (Å²) >= 11 is 0. The van der Waals surface area contributed by atoms with Gasteiger partial charge in [-0.2, -0.15) is 0 Å². The molecule has 9 unspecified atom stereocenters. The third-order valence-corrected chi connectivity index (χ3v) is 12.1. The molecule has 1 heterocycles. The summed E-state index contributed by atoms with van der Waals surface area (Å²) in [5.41, 5.74) is 0. The average molecular weight is 832 g/mol. The zero-order valence-electron chi connectivity index (χ0n) is 37.3. The summed E-state index contributed by atoms with van der Waals surface area (Å²) in [6.45, 7) is 3.51. The van der Waals surface area contributed by atoms with E-state index in [0.717, 1.165) is 38.5 Å². The van der Waals surface area contributed by atoms with Crippen molar-refractivity contribution in [3.05, 3.63) is 0 Å². The molecule has 1 aliphatic heterocycles. The first-order valence-corrected chi connectivity index (χ1v) is 24.4. The highest BCUT2D eigenvalue weighted by Gasteiger charge is 2.44. The van der Waals surface area contributed by atoms with E-state index in [1.54, 1.807) is 0 Å². The molecule has 11 heteroatoms. The van der Waals surface area contributed by atoms with Crippen molar-refractivity contribution in [3.8, 4) is 0 Å². The number of nitrogens with one attached hydrogen (secondary N) is 1. The van der Waals surface area contributed by atoms with Crippen LogP contribution in [-0.4, -0.2) is 110 Å². The average Bonchev–Trinajstić information content (AvgIpc) is 3.21. The number of hydrogen-bond acceptors (Lipinski definition) is 10. The number of aliphatic hydroxyl groups excluding tert-OH is 7. The molecular formula is C47H93NO10. The van der Waals surface area contributed by atoms with Crippen LogP contribution in [0.5, 0.6) is 0 Å². The van der Waals surface area contributed by atoms with E-state index in [1.807, 2.05) is 0 Å². The SMILES string of the molecule is CCCCCCCCCCCCCCCCCCCCC(O)C(=O)NC(COC1OC(CO)C(O)C(O)C1O)C(O)CC(O)CCCCCCCCCCCCCC. The van der Waals surface area contributed by atoms with Gasteiger partial charge in [-0.15, -0.1) is 0 Å². The molecule has 0 bridgehead atoms. The Labute approximate surface area is 354 Å². The fourth-order valence-corrected chi connectivity index (χ4v) is 8.08. The Morgan fingerprint density at radius 2 is 0.931 bits per heavy atom. The molecular weight excluding hydrogens is 739 g/mol. The number of amides is 1. The second-order valence-corrected chi connectivity index (χ2v) is 17.6. The predicted octanol–water partition coefficient (Wildman–Crippen LogP) is 8.28. The molecule has 1 rings (SSSR count). The minimum Gasteiger partial charge on any atom is -0.394 e. The van der Waals surface area contributed by atoms with E-state index in [4.69, 9.17) is 9.47 Å². The highest BCUT2D eigenvalue weighted by Crippen LogP contribution is 2.23. The van der Waals surface area contributed by atoms with E-state index < -0.39 is 67.6 Å². The molecule has 0 aromatic rings. The molecule has 1 saturated heterocycles. The molecule has 11 nitrogen and oxygen atoms in total. The van der Waals surface area contributed by atoms with Crippen LogP contribution < -0.4 is 5.32 Å². The number of unbranched alkanes of at least 4 members (excludes halogenated alkanes) is 28. The fraction of sp³-hybridized carbons (Fsp3) is 0.979.